The van der Waals surface area contributed by atoms with E-state index in [0.717, 1.165) is 42.8 Å². The van der Waals surface area contributed by atoms with Gasteiger partial charge in [-0.3, -0.25) is 4.79 Å². The molecule has 1 amide bonds. The Morgan fingerprint density at radius 3 is 2.58 bits per heavy atom. The van der Waals surface area contributed by atoms with Gasteiger partial charge in [-0.25, -0.2) is 19.9 Å². The van der Waals surface area contributed by atoms with Crippen molar-refractivity contribution in [1.29, 1.82) is 0 Å². The van der Waals surface area contributed by atoms with Gasteiger partial charge in [0.1, 0.15) is 17.5 Å². The summed E-state index contributed by atoms with van der Waals surface area (Å²) >= 11 is 0. The SMILES string of the molecule is Cc1nc2c(c(N3CCC3)n1)CN(C(=O)CC1CN(c3ccnc(C(F)(F)F)n3)C1)C2. The number of anilines is 2. The highest BCUT2D eigenvalue weighted by molar-refractivity contribution is 5.78. The second kappa shape index (κ2) is 7.31. The van der Waals surface area contributed by atoms with Crippen LogP contribution in [0.3, 0.4) is 0 Å². The molecule has 0 radical (unpaired) electrons. The first-order chi connectivity index (χ1) is 14.8. The quantitative estimate of drug-likeness (QED) is 0.731. The summed E-state index contributed by atoms with van der Waals surface area (Å²) in [5.41, 5.74) is 1.95. The summed E-state index contributed by atoms with van der Waals surface area (Å²) in [6.45, 7) is 5.82. The molecule has 0 unspecified atom stereocenters. The number of carbonyl (C=O) groups is 1. The second-order valence-corrected chi connectivity index (χ2v) is 8.32. The molecular weight excluding hydrogens is 411 g/mol. The van der Waals surface area contributed by atoms with Gasteiger partial charge in [-0.1, -0.05) is 0 Å². The van der Waals surface area contributed by atoms with Crippen LogP contribution in [0.2, 0.25) is 0 Å². The van der Waals surface area contributed by atoms with Gasteiger partial charge in [0.2, 0.25) is 11.7 Å². The highest BCUT2D eigenvalue weighted by Crippen LogP contribution is 2.33. The minimum Gasteiger partial charge on any atom is -0.356 e. The molecule has 3 aliphatic heterocycles. The van der Waals surface area contributed by atoms with Crippen LogP contribution in [-0.4, -0.2) is 56.9 Å². The number of aromatic nitrogens is 4. The molecule has 2 aromatic heterocycles. The first-order valence-electron chi connectivity index (χ1n) is 10.3. The molecule has 0 spiro atoms. The van der Waals surface area contributed by atoms with E-state index < -0.39 is 12.0 Å². The molecule has 8 nitrogen and oxygen atoms in total. The molecule has 11 heteroatoms. The first kappa shape index (κ1) is 20.0. The maximum Gasteiger partial charge on any atom is 0.451 e. The lowest BCUT2D eigenvalue weighted by molar-refractivity contribution is -0.144. The minimum absolute atomic E-state index is 0.0357. The Bertz CT molecular complexity index is 1020. The molecule has 2 aromatic rings. The summed E-state index contributed by atoms with van der Waals surface area (Å²) in [4.78, 5) is 34.7. The molecule has 5 rings (SSSR count). The van der Waals surface area contributed by atoms with Crippen molar-refractivity contribution in [1.82, 2.24) is 24.8 Å². The summed E-state index contributed by atoms with van der Waals surface area (Å²) in [6.07, 6.45) is -1.95. The van der Waals surface area contributed by atoms with Gasteiger partial charge >= 0.3 is 6.18 Å². The zero-order valence-electron chi connectivity index (χ0n) is 17.1. The molecular formula is C20H22F3N7O. The minimum atomic E-state index is -4.57. The lowest BCUT2D eigenvalue weighted by Crippen LogP contribution is -2.49. The van der Waals surface area contributed by atoms with Crippen LogP contribution in [0, 0.1) is 12.8 Å². The van der Waals surface area contributed by atoms with Gasteiger partial charge in [0.05, 0.1) is 18.8 Å². The van der Waals surface area contributed by atoms with Gasteiger partial charge < -0.3 is 14.7 Å². The van der Waals surface area contributed by atoms with Crippen molar-refractivity contribution < 1.29 is 18.0 Å². The van der Waals surface area contributed by atoms with E-state index in [1.807, 2.05) is 6.92 Å². The smallest absolute Gasteiger partial charge is 0.356 e. The fourth-order valence-electron chi connectivity index (χ4n) is 4.25. The van der Waals surface area contributed by atoms with Crippen molar-refractivity contribution in [2.24, 2.45) is 5.92 Å². The van der Waals surface area contributed by atoms with Crippen molar-refractivity contribution >= 4 is 17.5 Å². The zero-order valence-corrected chi connectivity index (χ0v) is 17.1. The van der Waals surface area contributed by atoms with Crippen LogP contribution in [0.4, 0.5) is 24.8 Å². The summed E-state index contributed by atoms with van der Waals surface area (Å²) in [5.74, 6) is 0.880. The molecule has 0 saturated carbocycles. The molecule has 0 aliphatic carbocycles. The molecule has 2 saturated heterocycles. The molecule has 0 aromatic carbocycles. The summed E-state index contributed by atoms with van der Waals surface area (Å²) < 4.78 is 38.4. The average Bonchev–Trinajstić information content (AvgIpc) is 3.06. The third-order valence-electron chi connectivity index (χ3n) is 6.02. The lowest BCUT2D eigenvalue weighted by Gasteiger charge is -2.40. The second-order valence-electron chi connectivity index (χ2n) is 8.32. The molecule has 3 aliphatic rings. The number of fused-ring (bicyclic) bond motifs is 1. The monoisotopic (exact) mass is 433 g/mol. The van der Waals surface area contributed by atoms with E-state index in [-0.39, 0.29) is 17.6 Å². The highest BCUT2D eigenvalue weighted by atomic mass is 19.4. The fraction of sp³-hybridized carbons (Fsp3) is 0.550. The molecule has 31 heavy (non-hydrogen) atoms. The normalized spacial score (nSPS) is 18.6. The number of halogens is 3. The summed E-state index contributed by atoms with van der Waals surface area (Å²) in [7, 11) is 0. The largest absolute Gasteiger partial charge is 0.451 e. The van der Waals surface area contributed by atoms with E-state index in [0.29, 0.717) is 38.4 Å². The molecule has 2 fully saturated rings. The van der Waals surface area contributed by atoms with Crippen LogP contribution >= 0.6 is 0 Å². The van der Waals surface area contributed by atoms with E-state index in [4.69, 9.17) is 0 Å². The van der Waals surface area contributed by atoms with Gasteiger partial charge in [-0.2, -0.15) is 13.2 Å². The zero-order chi connectivity index (χ0) is 21.8. The molecule has 0 bridgehead atoms. The van der Waals surface area contributed by atoms with Crippen LogP contribution in [0.15, 0.2) is 12.3 Å². The Balaban J connectivity index is 1.19. The van der Waals surface area contributed by atoms with Crippen molar-refractivity contribution in [3.63, 3.8) is 0 Å². The predicted molar refractivity (Wildman–Crippen MR) is 105 cm³/mol. The van der Waals surface area contributed by atoms with Crippen LogP contribution in [-0.2, 0) is 24.1 Å². The number of amides is 1. The Morgan fingerprint density at radius 2 is 1.90 bits per heavy atom. The molecule has 164 valence electrons. The van der Waals surface area contributed by atoms with Gasteiger partial charge in [0, 0.05) is 50.3 Å². The van der Waals surface area contributed by atoms with E-state index in [2.05, 4.69) is 24.8 Å². The van der Waals surface area contributed by atoms with Gasteiger partial charge in [-0.15, -0.1) is 0 Å². The Hall–Kier alpha value is -2.98. The number of aryl methyl sites for hydroxylation is 1. The van der Waals surface area contributed by atoms with Gasteiger partial charge in [0.25, 0.3) is 0 Å². The van der Waals surface area contributed by atoms with Crippen molar-refractivity contribution in [2.45, 2.75) is 39.0 Å². The summed E-state index contributed by atoms with van der Waals surface area (Å²) in [5, 5.41) is 0. The van der Waals surface area contributed by atoms with E-state index in [1.54, 1.807) is 9.80 Å². The Labute approximate surface area is 177 Å². The number of hydrogen-bond donors (Lipinski definition) is 0. The third-order valence-corrected chi connectivity index (χ3v) is 6.02. The van der Waals surface area contributed by atoms with Crippen molar-refractivity contribution in [3.05, 3.63) is 35.2 Å². The van der Waals surface area contributed by atoms with Crippen LogP contribution in [0.1, 0.15) is 35.7 Å². The van der Waals surface area contributed by atoms with E-state index >= 15 is 0 Å². The van der Waals surface area contributed by atoms with Crippen LogP contribution in [0.25, 0.3) is 0 Å². The number of carbonyl (C=O) groups excluding carboxylic acids is 1. The molecule has 0 N–H and O–H groups in total. The van der Waals surface area contributed by atoms with E-state index in [9.17, 15) is 18.0 Å². The standard InChI is InChI=1S/C20H22F3N7O/c1-12-25-15-11-30(10-14(15)18(26-12)28-5-2-6-28)17(31)7-13-8-29(9-13)16-3-4-24-19(27-16)20(21,22)23/h3-4,13H,2,5-11H2,1H3. The Kier molecular flexibility index (Phi) is 4.71. The Morgan fingerprint density at radius 1 is 1.13 bits per heavy atom. The van der Waals surface area contributed by atoms with Crippen LogP contribution < -0.4 is 9.80 Å². The first-order valence-corrected chi connectivity index (χ1v) is 10.3. The summed E-state index contributed by atoms with van der Waals surface area (Å²) in [6, 6.07) is 1.46. The van der Waals surface area contributed by atoms with E-state index in [1.165, 1.54) is 6.07 Å². The molecule has 0 atom stereocenters. The number of alkyl halides is 3. The third kappa shape index (κ3) is 3.77. The predicted octanol–water partition coefficient (Wildman–Crippen LogP) is 2.17. The number of hydrogen-bond acceptors (Lipinski definition) is 7. The maximum absolute atomic E-state index is 12.9. The topological polar surface area (TPSA) is 78.4 Å². The van der Waals surface area contributed by atoms with Gasteiger partial charge in [-0.05, 0) is 19.4 Å². The average molecular weight is 433 g/mol. The fourth-order valence-corrected chi connectivity index (χ4v) is 4.25. The van der Waals surface area contributed by atoms with Crippen molar-refractivity contribution in [3.8, 4) is 0 Å². The highest BCUT2D eigenvalue weighted by Gasteiger charge is 2.38. The van der Waals surface area contributed by atoms with Gasteiger partial charge in [0.15, 0.2) is 0 Å². The molecule has 5 heterocycles. The lowest BCUT2D eigenvalue weighted by atomic mass is 9.95. The van der Waals surface area contributed by atoms with Crippen LogP contribution in [0.5, 0.6) is 0 Å². The van der Waals surface area contributed by atoms with Crippen molar-refractivity contribution in [2.75, 3.05) is 36.0 Å². The number of rotatable bonds is 4. The maximum atomic E-state index is 12.9. The number of nitrogens with zero attached hydrogens (tertiary/aromatic N) is 7.